The van der Waals surface area contributed by atoms with Crippen LogP contribution in [0.5, 0.6) is 0 Å². The quantitative estimate of drug-likeness (QED) is 0.150. The first-order valence-corrected chi connectivity index (χ1v) is 17.5. The molecule has 13 heteroatoms. The number of ether oxygens (including phenoxy) is 1. The molecule has 0 saturated carbocycles. The number of carboxylic acids is 1. The van der Waals surface area contributed by atoms with E-state index >= 15 is 0 Å². The van der Waals surface area contributed by atoms with Crippen molar-refractivity contribution in [1.29, 1.82) is 0 Å². The van der Waals surface area contributed by atoms with Crippen LogP contribution in [0.1, 0.15) is 64.5 Å². The Balaban J connectivity index is 1.76. The minimum Gasteiger partial charge on any atom is -0.481 e. The maximum atomic E-state index is 12.0. The van der Waals surface area contributed by atoms with Crippen LogP contribution in [0.4, 0.5) is 11.4 Å². The maximum Gasteiger partial charge on any atom is 0.303 e. The maximum absolute atomic E-state index is 12.0. The van der Waals surface area contributed by atoms with Crippen LogP contribution < -0.4 is 4.90 Å². The van der Waals surface area contributed by atoms with Gasteiger partial charge >= 0.3 is 5.97 Å². The molecule has 0 fully saturated rings. The Morgan fingerprint density at radius 3 is 2.13 bits per heavy atom. The zero-order valence-corrected chi connectivity index (χ0v) is 27.8. The average Bonchev–Trinajstić information content (AvgIpc) is 3.28. The van der Waals surface area contributed by atoms with E-state index in [9.17, 15) is 30.7 Å². The highest BCUT2D eigenvalue weighted by atomic mass is 32.2. The Bertz CT molecular complexity index is 1810. The summed E-state index contributed by atoms with van der Waals surface area (Å²) in [6.45, 7) is 9.42. The van der Waals surface area contributed by atoms with Gasteiger partial charge in [0.25, 0.3) is 20.2 Å². The minimum atomic E-state index is -4.42. The number of aliphatic carboxylic acids is 1. The van der Waals surface area contributed by atoms with Crippen LogP contribution in [0.15, 0.2) is 70.1 Å². The van der Waals surface area contributed by atoms with E-state index in [1.165, 1.54) is 24.3 Å². The van der Waals surface area contributed by atoms with Crippen molar-refractivity contribution in [3.8, 4) is 0 Å². The predicted octanol–water partition coefficient (Wildman–Crippen LogP) is 5.09. The molecule has 0 saturated heterocycles. The van der Waals surface area contributed by atoms with Crippen molar-refractivity contribution in [3.05, 3.63) is 71.5 Å². The second kappa shape index (κ2) is 12.8. The largest absolute Gasteiger partial charge is 0.481 e. The molecule has 0 aromatic heterocycles. The van der Waals surface area contributed by atoms with E-state index < -0.39 is 37.0 Å². The molecule has 0 radical (unpaired) electrons. The van der Waals surface area contributed by atoms with Gasteiger partial charge in [-0.3, -0.25) is 13.9 Å². The van der Waals surface area contributed by atoms with E-state index in [1.807, 2.05) is 45.9 Å². The number of carboxylic acid groups (broad SMARTS) is 1. The number of allylic oxidation sites excluding steroid dienone is 4. The summed E-state index contributed by atoms with van der Waals surface area (Å²) in [5, 5.41) is 9.01. The molecule has 11 nitrogen and oxygen atoms in total. The SMILES string of the molecule is COCC[N+]1=C(/C=C/C=C2/N(CCCCCC(=O)O)c3ccc(S(=O)(=O)O)cc3C2(C)C)C(C)(C)c2cc(S(=O)(=O)O)ccc21. The lowest BCUT2D eigenvalue weighted by atomic mass is 9.81. The minimum absolute atomic E-state index is 0.0906. The number of benzene rings is 2. The number of rotatable bonds is 13. The summed E-state index contributed by atoms with van der Waals surface area (Å²) in [5.41, 5.74) is 3.63. The van der Waals surface area contributed by atoms with Gasteiger partial charge in [0.2, 0.25) is 5.69 Å². The highest BCUT2D eigenvalue weighted by molar-refractivity contribution is 7.86. The Labute approximate surface area is 265 Å². The topological polar surface area (TPSA) is 162 Å². The van der Waals surface area contributed by atoms with E-state index in [1.54, 1.807) is 19.2 Å². The van der Waals surface area contributed by atoms with Gasteiger partial charge in [-0.1, -0.05) is 26.3 Å². The summed E-state index contributed by atoms with van der Waals surface area (Å²) in [6, 6.07) is 9.13. The van der Waals surface area contributed by atoms with Gasteiger partial charge in [0.1, 0.15) is 6.61 Å². The Kier molecular flexibility index (Phi) is 9.81. The van der Waals surface area contributed by atoms with Crippen molar-refractivity contribution in [2.24, 2.45) is 0 Å². The second-order valence-electron chi connectivity index (χ2n) is 12.4. The first-order chi connectivity index (χ1) is 20.9. The molecule has 0 spiro atoms. The van der Waals surface area contributed by atoms with E-state index in [0.717, 1.165) is 33.9 Å². The molecule has 0 unspecified atom stereocenters. The summed E-state index contributed by atoms with van der Waals surface area (Å²) < 4.78 is 74.6. The fourth-order valence-corrected chi connectivity index (χ4v) is 7.26. The van der Waals surface area contributed by atoms with Gasteiger partial charge < -0.3 is 14.7 Å². The third-order valence-corrected chi connectivity index (χ3v) is 10.3. The molecule has 2 aliphatic heterocycles. The van der Waals surface area contributed by atoms with Crippen LogP contribution in [-0.2, 0) is 40.6 Å². The molecule has 2 aromatic carbocycles. The van der Waals surface area contributed by atoms with E-state index in [4.69, 9.17) is 9.84 Å². The fourth-order valence-electron chi connectivity index (χ4n) is 6.25. The van der Waals surface area contributed by atoms with E-state index in [2.05, 4.69) is 9.48 Å². The molecule has 244 valence electrons. The van der Waals surface area contributed by atoms with Gasteiger partial charge in [0.15, 0.2) is 12.3 Å². The van der Waals surface area contributed by atoms with E-state index in [0.29, 0.717) is 39.0 Å². The molecule has 3 N–H and O–H groups in total. The highest BCUT2D eigenvalue weighted by Crippen LogP contribution is 2.49. The molecule has 0 amide bonds. The Morgan fingerprint density at radius 2 is 1.53 bits per heavy atom. The standard InChI is InChI=1S/C32H40N2O9S2/c1-31(2)24-20-22(44(37,38)39)13-15-26(24)33(17-8-6-7-12-30(35)36)28(31)10-9-11-29-32(3,4)25-21-23(45(40,41)42)14-16-27(25)34(29)18-19-43-5/h9-11,13-16,20-21H,6-8,12,17-19H2,1-5H3,(H2-,35,36,37,38,39,40,41,42)/p+1. The summed E-state index contributed by atoms with van der Waals surface area (Å²) in [4.78, 5) is 12.7. The summed E-state index contributed by atoms with van der Waals surface area (Å²) in [6.07, 6.45) is 7.90. The Morgan fingerprint density at radius 1 is 0.911 bits per heavy atom. The molecule has 2 aliphatic rings. The third-order valence-electron chi connectivity index (χ3n) is 8.62. The lowest BCUT2D eigenvalue weighted by molar-refractivity contribution is -0.441. The number of anilines is 1. The second-order valence-corrected chi connectivity index (χ2v) is 15.2. The summed E-state index contributed by atoms with van der Waals surface area (Å²) in [5.74, 6) is -0.839. The van der Waals surface area contributed by atoms with Gasteiger partial charge in [-0.2, -0.15) is 21.4 Å². The van der Waals surface area contributed by atoms with Crippen LogP contribution in [0, 0.1) is 0 Å². The first kappa shape index (κ1) is 34.5. The molecule has 0 atom stereocenters. The van der Waals surface area contributed by atoms with Crippen molar-refractivity contribution >= 4 is 43.3 Å². The number of fused-ring (bicyclic) bond motifs is 2. The van der Waals surface area contributed by atoms with Gasteiger partial charge in [0.05, 0.1) is 15.2 Å². The molecule has 2 aromatic rings. The number of carbonyl (C=O) groups is 1. The first-order valence-electron chi connectivity index (χ1n) is 14.7. The molecular weight excluding hydrogens is 620 g/mol. The number of nitrogens with zero attached hydrogens (tertiary/aromatic N) is 2. The van der Waals surface area contributed by atoms with Crippen LogP contribution in [0.25, 0.3) is 0 Å². The average molecular weight is 662 g/mol. The normalized spacial score (nSPS) is 18.2. The summed E-state index contributed by atoms with van der Waals surface area (Å²) >= 11 is 0. The highest BCUT2D eigenvalue weighted by Gasteiger charge is 2.45. The Hall–Kier alpha value is -3.36. The van der Waals surface area contributed by atoms with Crippen LogP contribution >= 0.6 is 0 Å². The lowest BCUT2D eigenvalue weighted by Crippen LogP contribution is -2.29. The van der Waals surface area contributed by atoms with Crippen LogP contribution in [0.3, 0.4) is 0 Å². The van der Waals surface area contributed by atoms with Gasteiger partial charge in [-0.15, -0.1) is 0 Å². The number of methoxy groups -OCH3 is 1. The smallest absolute Gasteiger partial charge is 0.303 e. The van der Waals surface area contributed by atoms with Crippen LogP contribution in [-0.4, -0.2) is 74.1 Å². The number of hydrogen-bond acceptors (Lipinski definition) is 7. The fraction of sp³-hybridized carbons (Fsp3) is 0.438. The van der Waals surface area contributed by atoms with Gasteiger partial charge in [-0.25, -0.2) is 0 Å². The summed E-state index contributed by atoms with van der Waals surface area (Å²) in [7, 11) is -7.21. The predicted molar refractivity (Wildman–Crippen MR) is 171 cm³/mol. The van der Waals surface area contributed by atoms with Crippen molar-refractivity contribution in [3.63, 3.8) is 0 Å². The molecule has 0 bridgehead atoms. The van der Waals surface area contributed by atoms with Gasteiger partial charge in [0, 0.05) is 54.6 Å². The molecule has 2 heterocycles. The molecule has 45 heavy (non-hydrogen) atoms. The van der Waals surface area contributed by atoms with Crippen molar-refractivity contribution in [1.82, 2.24) is 0 Å². The van der Waals surface area contributed by atoms with Crippen LogP contribution in [0.2, 0.25) is 0 Å². The molecule has 0 aliphatic carbocycles. The van der Waals surface area contributed by atoms with Crippen molar-refractivity contribution in [2.45, 2.75) is 74.0 Å². The molecular formula is C32H41N2O9S2+. The third kappa shape index (κ3) is 7.07. The monoisotopic (exact) mass is 661 g/mol. The number of unbranched alkanes of at least 4 members (excludes halogenated alkanes) is 2. The van der Waals surface area contributed by atoms with E-state index in [-0.39, 0.29) is 16.2 Å². The van der Waals surface area contributed by atoms with Gasteiger partial charge in [-0.05, 0) is 68.7 Å². The molecule has 4 rings (SSSR count). The van der Waals surface area contributed by atoms with Crippen molar-refractivity contribution < 1.29 is 45.2 Å². The lowest BCUT2D eigenvalue weighted by Gasteiger charge is -2.27. The number of hydrogen-bond donors (Lipinski definition) is 3. The zero-order chi connectivity index (χ0) is 33.4. The van der Waals surface area contributed by atoms with Crippen molar-refractivity contribution in [2.75, 3.05) is 31.7 Å². The zero-order valence-electron chi connectivity index (χ0n) is 26.1.